The number of aliphatic hydroxyl groups excluding tert-OH is 1. The van der Waals surface area contributed by atoms with Crippen molar-refractivity contribution < 1.29 is 9.32 Å². The Bertz CT molecular complexity index is 387. The van der Waals surface area contributed by atoms with Crippen molar-refractivity contribution in [1.82, 2.24) is 5.32 Å². The number of hydrogen-bond donors (Lipinski definition) is 2. The second-order valence-corrected chi connectivity index (χ2v) is 6.21. The van der Waals surface area contributed by atoms with E-state index in [1.54, 1.807) is 18.4 Å². The van der Waals surface area contributed by atoms with Crippen LogP contribution in [0.5, 0.6) is 0 Å². The smallest absolute Gasteiger partial charge is 0.0928 e. The van der Waals surface area contributed by atoms with Gasteiger partial charge in [0.2, 0.25) is 0 Å². The third kappa shape index (κ3) is 4.76. The molecule has 0 aliphatic rings. The molecule has 17 heavy (non-hydrogen) atoms. The van der Waals surface area contributed by atoms with Gasteiger partial charge in [0.1, 0.15) is 0 Å². The highest BCUT2D eigenvalue weighted by Crippen LogP contribution is 2.21. The van der Waals surface area contributed by atoms with Crippen molar-refractivity contribution in [2.75, 3.05) is 19.3 Å². The molecule has 0 radical (unpaired) electrons. The van der Waals surface area contributed by atoms with E-state index in [1.165, 1.54) is 0 Å². The Morgan fingerprint density at radius 2 is 2.06 bits per heavy atom. The van der Waals surface area contributed by atoms with Gasteiger partial charge in [0.25, 0.3) is 0 Å². The van der Waals surface area contributed by atoms with Gasteiger partial charge in [-0.05, 0) is 13.0 Å². The summed E-state index contributed by atoms with van der Waals surface area (Å²) in [6, 6.07) is 7.22. The molecule has 5 heteroatoms. The molecule has 96 valence electrons. The Morgan fingerprint density at radius 3 is 2.65 bits per heavy atom. The summed E-state index contributed by atoms with van der Waals surface area (Å²) in [6.45, 7) is 2.93. The second kappa shape index (κ2) is 7.11. The summed E-state index contributed by atoms with van der Waals surface area (Å²) in [6.07, 6.45) is 1.04. The number of hydrogen-bond acceptors (Lipinski definition) is 3. The zero-order valence-corrected chi connectivity index (χ0v) is 11.6. The number of rotatable bonds is 6. The molecule has 0 aromatic heterocycles. The summed E-state index contributed by atoms with van der Waals surface area (Å²) < 4.78 is 11.1. The van der Waals surface area contributed by atoms with Crippen LogP contribution in [0.3, 0.4) is 0 Å². The van der Waals surface area contributed by atoms with Gasteiger partial charge in [-0.3, -0.25) is 4.21 Å². The van der Waals surface area contributed by atoms with Crippen molar-refractivity contribution in [3.05, 3.63) is 34.9 Å². The first kappa shape index (κ1) is 14.6. The fourth-order valence-corrected chi connectivity index (χ4v) is 2.01. The van der Waals surface area contributed by atoms with Crippen LogP contribution in [0.15, 0.2) is 24.3 Å². The van der Waals surface area contributed by atoms with Crippen molar-refractivity contribution >= 4 is 22.4 Å². The molecule has 2 N–H and O–H groups in total. The first-order chi connectivity index (χ1) is 8.02. The zero-order valence-electron chi connectivity index (χ0n) is 10.0. The normalized spacial score (nSPS) is 16.5. The monoisotopic (exact) mass is 275 g/mol. The molecule has 0 saturated carbocycles. The summed E-state index contributed by atoms with van der Waals surface area (Å²) in [7, 11) is -0.844. The molecular formula is C12H18ClNO2S. The van der Waals surface area contributed by atoms with Crippen LogP contribution in [0.4, 0.5) is 0 Å². The molecule has 1 rings (SSSR count). The van der Waals surface area contributed by atoms with E-state index >= 15 is 0 Å². The van der Waals surface area contributed by atoms with E-state index in [9.17, 15) is 9.32 Å². The molecule has 3 atom stereocenters. The highest BCUT2D eigenvalue weighted by molar-refractivity contribution is 7.84. The van der Waals surface area contributed by atoms with Crippen molar-refractivity contribution in [1.29, 1.82) is 0 Å². The molecule has 3 unspecified atom stereocenters. The number of aliphatic hydroxyl groups is 1. The SMILES string of the molecule is CC(CNCC(O)c1ccccc1Cl)S(C)=O. The molecule has 0 bridgehead atoms. The van der Waals surface area contributed by atoms with Crippen LogP contribution in [0, 0.1) is 0 Å². The van der Waals surface area contributed by atoms with Gasteiger partial charge in [0.15, 0.2) is 0 Å². The lowest BCUT2D eigenvalue weighted by Crippen LogP contribution is -2.30. The Balaban J connectivity index is 2.43. The topological polar surface area (TPSA) is 49.3 Å². The van der Waals surface area contributed by atoms with E-state index in [4.69, 9.17) is 11.6 Å². The highest BCUT2D eigenvalue weighted by atomic mass is 35.5. The van der Waals surface area contributed by atoms with Crippen molar-refractivity contribution in [2.24, 2.45) is 0 Å². The summed E-state index contributed by atoms with van der Waals surface area (Å²) in [4.78, 5) is 0. The quantitative estimate of drug-likeness (QED) is 0.831. The van der Waals surface area contributed by atoms with E-state index in [0.29, 0.717) is 23.7 Å². The van der Waals surface area contributed by atoms with Gasteiger partial charge in [0, 0.05) is 46.0 Å². The van der Waals surface area contributed by atoms with E-state index < -0.39 is 16.9 Å². The Kier molecular flexibility index (Phi) is 6.12. The van der Waals surface area contributed by atoms with Gasteiger partial charge < -0.3 is 10.4 Å². The van der Waals surface area contributed by atoms with E-state index in [0.717, 1.165) is 0 Å². The van der Waals surface area contributed by atoms with Crippen LogP contribution in [0.1, 0.15) is 18.6 Å². The van der Waals surface area contributed by atoms with Crippen molar-refractivity contribution in [3.63, 3.8) is 0 Å². The fourth-order valence-electron chi connectivity index (χ4n) is 1.40. The van der Waals surface area contributed by atoms with Crippen molar-refractivity contribution in [3.8, 4) is 0 Å². The summed E-state index contributed by atoms with van der Waals surface area (Å²) in [5.41, 5.74) is 0.715. The van der Waals surface area contributed by atoms with Crippen LogP contribution >= 0.6 is 11.6 Å². The minimum absolute atomic E-state index is 0.0773. The molecule has 0 amide bonds. The van der Waals surface area contributed by atoms with Crippen LogP contribution in [-0.2, 0) is 10.8 Å². The summed E-state index contributed by atoms with van der Waals surface area (Å²) in [5, 5.41) is 13.7. The molecule has 0 heterocycles. The maximum atomic E-state index is 11.1. The van der Waals surface area contributed by atoms with Gasteiger partial charge in [-0.1, -0.05) is 29.8 Å². The molecular weight excluding hydrogens is 258 g/mol. The van der Waals surface area contributed by atoms with Gasteiger partial charge in [-0.15, -0.1) is 0 Å². The van der Waals surface area contributed by atoms with Crippen LogP contribution in [0.2, 0.25) is 5.02 Å². The second-order valence-electron chi connectivity index (χ2n) is 4.00. The molecule has 1 aromatic carbocycles. The lowest BCUT2D eigenvalue weighted by atomic mass is 10.1. The predicted octanol–water partition coefficient (Wildman–Crippen LogP) is 1.73. The summed E-state index contributed by atoms with van der Waals surface area (Å²) in [5.74, 6) is 0. The van der Waals surface area contributed by atoms with Gasteiger partial charge in [-0.25, -0.2) is 0 Å². The lowest BCUT2D eigenvalue weighted by molar-refractivity contribution is 0.175. The van der Waals surface area contributed by atoms with Gasteiger partial charge in [-0.2, -0.15) is 0 Å². The molecule has 0 aliphatic heterocycles. The number of halogens is 1. The van der Waals surface area contributed by atoms with E-state index in [1.807, 2.05) is 19.1 Å². The predicted molar refractivity (Wildman–Crippen MR) is 72.8 cm³/mol. The third-order valence-electron chi connectivity index (χ3n) is 2.60. The average Bonchev–Trinajstić information content (AvgIpc) is 2.29. The minimum atomic E-state index is -0.844. The van der Waals surface area contributed by atoms with E-state index in [2.05, 4.69) is 5.32 Å². The zero-order chi connectivity index (χ0) is 12.8. The van der Waals surface area contributed by atoms with E-state index in [-0.39, 0.29) is 5.25 Å². The Morgan fingerprint density at radius 1 is 1.41 bits per heavy atom. The molecule has 0 fully saturated rings. The van der Waals surface area contributed by atoms with Gasteiger partial charge >= 0.3 is 0 Å². The molecule has 0 saturated heterocycles. The molecule has 0 spiro atoms. The molecule has 1 aromatic rings. The summed E-state index contributed by atoms with van der Waals surface area (Å²) >= 11 is 5.97. The third-order valence-corrected chi connectivity index (χ3v) is 4.24. The highest BCUT2D eigenvalue weighted by Gasteiger charge is 2.11. The first-order valence-corrected chi connectivity index (χ1v) is 7.47. The molecule has 0 aliphatic carbocycles. The number of benzene rings is 1. The lowest BCUT2D eigenvalue weighted by Gasteiger charge is -2.15. The molecule has 3 nitrogen and oxygen atoms in total. The standard InChI is InChI=1S/C12H18ClNO2S/c1-9(17(2)16)7-14-8-12(15)10-5-3-4-6-11(10)13/h3-6,9,12,14-15H,7-8H2,1-2H3. The van der Waals surface area contributed by atoms with Crippen molar-refractivity contribution in [2.45, 2.75) is 18.3 Å². The largest absolute Gasteiger partial charge is 0.387 e. The average molecular weight is 276 g/mol. The van der Waals surface area contributed by atoms with Gasteiger partial charge in [0.05, 0.1) is 6.10 Å². The van der Waals surface area contributed by atoms with Crippen LogP contribution in [-0.4, -0.2) is 33.9 Å². The fraction of sp³-hybridized carbons (Fsp3) is 0.500. The minimum Gasteiger partial charge on any atom is -0.387 e. The maximum Gasteiger partial charge on any atom is 0.0928 e. The first-order valence-electron chi connectivity index (χ1n) is 5.47. The Labute approximate surface area is 110 Å². The van der Waals surface area contributed by atoms with Crippen LogP contribution in [0.25, 0.3) is 0 Å². The maximum absolute atomic E-state index is 11.1. The number of nitrogens with one attached hydrogen (secondary N) is 1. The van der Waals surface area contributed by atoms with Crippen LogP contribution < -0.4 is 5.32 Å². The Hall–Kier alpha value is -0.420.